The van der Waals surface area contributed by atoms with Crippen LogP contribution in [0.4, 0.5) is 0 Å². The number of halogens is 1. The number of ketones is 1. The van der Waals surface area contributed by atoms with Crippen LogP contribution in [-0.4, -0.2) is 10.4 Å². The van der Waals surface area contributed by atoms with Crippen molar-refractivity contribution < 1.29 is 4.79 Å². The molecule has 2 nitrogen and oxygen atoms in total. The first-order chi connectivity index (χ1) is 7.54. The summed E-state index contributed by atoms with van der Waals surface area (Å²) in [6, 6.07) is 7.78. The first-order valence-corrected chi connectivity index (χ1v) is 5.69. The van der Waals surface area contributed by atoms with Crippen molar-refractivity contribution in [2.24, 2.45) is 13.0 Å². The zero-order valence-corrected chi connectivity index (χ0v) is 10.4. The van der Waals surface area contributed by atoms with Gasteiger partial charge >= 0.3 is 0 Å². The van der Waals surface area contributed by atoms with Gasteiger partial charge in [-0.1, -0.05) is 43.6 Å². The highest BCUT2D eigenvalue weighted by Crippen LogP contribution is 2.31. The number of hydrogen-bond acceptors (Lipinski definition) is 1. The van der Waals surface area contributed by atoms with Gasteiger partial charge in [-0.15, -0.1) is 0 Å². The molecule has 0 aliphatic carbocycles. The van der Waals surface area contributed by atoms with Crippen molar-refractivity contribution in [3.63, 3.8) is 0 Å². The lowest BCUT2D eigenvalue weighted by molar-refractivity contribution is 0.0932. The minimum atomic E-state index is -0.0412. The molecule has 2 rings (SSSR count). The zero-order valence-electron chi connectivity index (χ0n) is 9.62. The van der Waals surface area contributed by atoms with Crippen molar-refractivity contribution in [1.82, 2.24) is 4.57 Å². The molecule has 0 radical (unpaired) electrons. The second-order valence-electron chi connectivity index (χ2n) is 4.26. The van der Waals surface area contributed by atoms with Crippen LogP contribution in [0.25, 0.3) is 10.9 Å². The van der Waals surface area contributed by atoms with E-state index in [1.165, 1.54) is 0 Å². The normalized spacial score (nSPS) is 11.3. The molecule has 0 bridgehead atoms. The van der Waals surface area contributed by atoms with Crippen LogP contribution in [0.1, 0.15) is 24.3 Å². The van der Waals surface area contributed by atoms with Crippen molar-refractivity contribution in [2.45, 2.75) is 13.8 Å². The van der Waals surface area contributed by atoms with Gasteiger partial charge in [-0.3, -0.25) is 4.79 Å². The van der Waals surface area contributed by atoms with Crippen LogP contribution in [0.15, 0.2) is 24.3 Å². The van der Waals surface area contributed by atoms with E-state index in [-0.39, 0.29) is 11.7 Å². The first-order valence-electron chi connectivity index (χ1n) is 5.31. The number of carbonyl (C=O) groups excluding carboxylic acids is 1. The number of carbonyl (C=O) groups is 1. The molecule has 3 heteroatoms. The fourth-order valence-electron chi connectivity index (χ4n) is 1.89. The predicted molar refractivity (Wildman–Crippen MR) is 67.1 cm³/mol. The molecule has 1 aromatic carbocycles. The van der Waals surface area contributed by atoms with Gasteiger partial charge in [0.05, 0.1) is 5.02 Å². The number of aryl methyl sites for hydroxylation is 1. The number of aromatic nitrogens is 1. The number of fused-ring (bicyclic) bond motifs is 1. The molecule has 0 fully saturated rings. The summed E-state index contributed by atoms with van der Waals surface area (Å²) >= 11 is 6.26. The van der Waals surface area contributed by atoms with E-state index in [1.54, 1.807) is 0 Å². The maximum absolute atomic E-state index is 12.1. The third kappa shape index (κ3) is 1.54. The Bertz CT molecular complexity index is 515. The van der Waals surface area contributed by atoms with Crippen LogP contribution in [0, 0.1) is 5.92 Å². The van der Waals surface area contributed by atoms with Gasteiger partial charge in [0.2, 0.25) is 0 Å². The van der Waals surface area contributed by atoms with Gasteiger partial charge < -0.3 is 4.57 Å². The molecule has 16 heavy (non-hydrogen) atoms. The molecule has 0 spiro atoms. The molecule has 0 amide bonds. The largest absolute Gasteiger partial charge is 0.340 e. The van der Waals surface area contributed by atoms with Crippen LogP contribution in [-0.2, 0) is 7.05 Å². The Kier molecular flexibility index (Phi) is 2.76. The van der Waals surface area contributed by atoms with Crippen molar-refractivity contribution in [2.75, 3.05) is 0 Å². The Balaban J connectivity index is 2.76. The van der Waals surface area contributed by atoms with Crippen molar-refractivity contribution in [3.05, 3.63) is 35.0 Å². The standard InChI is InChI=1S/C13H14ClNO/c1-8(2)13(16)12-11(14)9-6-4-5-7-10(9)15(12)3/h4-8H,1-3H3. The van der Waals surface area contributed by atoms with Gasteiger partial charge in [-0.2, -0.15) is 0 Å². The van der Waals surface area contributed by atoms with Gasteiger partial charge in [0.1, 0.15) is 5.69 Å². The van der Waals surface area contributed by atoms with E-state index in [1.807, 2.05) is 49.7 Å². The monoisotopic (exact) mass is 235 g/mol. The molecular weight excluding hydrogens is 222 g/mol. The maximum Gasteiger partial charge on any atom is 0.183 e. The van der Waals surface area contributed by atoms with E-state index in [2.05, 4.69) is 0 Å². The summed E-state index contributed by atoms with van der Waals surface area (Å²) < 4.78 is 1.88. The average Bonchev–Trinajstić information content (AvgIpc) is 2.52. The average molecular weight is 236 g/mol. The molecule has 1 aromatic heterocycles. The van der Waals surface area contributed by atoms with Crippen molar-refractivity contribution >= 4 is 28.3 Å². The Labute approximate surface area is 99.8 Å². The molecule has 0 unspecified atom stereocenters. The van der Waals surface area contributed by atoms with E-state index in [0.29, 0.717) is 10.7 Å². The zero-order chi connectivity index (χ0) is 11.9. The summed E-state index contributed by atoms with van der Waals surface area (Å²) in [6.07, 6.45) is 0. The van der Waals surface area contributed by atoms with E-state index < -0.39 is 0 Å². The second kappa shape index (κ2) is 3.95. The van der Waals surface area contributed by atoms with E-state index in [4.69, 9.17) is 11.6 Å². The number of benzene rings is 1. The Hall–Kier alpha value is -1.28. The van der Waals surface area contributed by atoms with Crippen LogP contribution in [0.3, 0.4) is 0 Å². The number of hydrogen-bond donors (Lipinski definition) is 0. The molecule has 0 aliphatic rings. The fourth-order valence-corrected chi connectivity index (χ4v) is 2.27. The van der Waals surface area contributed by atoms with Gasteiger partial charge in [-0.25, -0.2) is 0 Å². The van der Waals surface area contributed by atoms with E-state index in [0.717, 1.165) is 10.9 Å². The number of para-hydroxylation sites is 1. The second-order valence-corrected chi connectivity index (χ2v) is 4.64. The first kappa shape index (κ1) is 11.2. The van der Waals surface area contributed by atoms with Gasteiger partial charge in [0.15, 0.2) is 5.78 Å². The summed E-state index contributed by atoms with van der Waals surface area (Å²) in [4.78, 5) is 12.1. The maximum atomic E-state index is 12.1. The number of nitrogens with zero attached hydrogens (tertiary/aromatic N) is 1. The predicted octanol–water partition coefficient (Wildman–Crippen LogP) is 3.67. The highest BCUT2D eigenvalue weighted by molar-refractivity contribution is 6.39. The van der Waals surface area contributed by atoms with Crippen LogP contribution in [0.2, 0.25) is 5.02 Å². The van der Waals surface area contributed by atoms with Crippen LogP contribution < -0.4 is 0 Å². The minimum absolute atomic E-state index is 0.0412. The Morgan fingerprint density at radius 1 is 1.31 bits per heavy atom. The number of rotatable bonds is 2. The Morgan fingerprint density at radius 2 is 1.94 bits per heavy atom. The topological polar surface area (TPSA) is 22.0 Å². The molecule has 1 heterocycles. The van der Waals surface area contributed by atoms with Crippen LogP contribution >= 0.6 is 11.6 Å². The SMILES string of the molecule is CC(C)C(=O)c1c(Cl)c2ccccc2n1C. The third-order valence-corrected chi connectivity index (χ3v) is 3.19. The summed E-state index contributed by atoms with van der Waals surface area (Å²) in [5, 5.41) is 1.51. The van der Waals surface area contributed by atoms with Crippen molar-refractivity contribution in [1.29, 1.82) is 0 Å². The quantitative estimate of drug-likeness (QED) is 0.728. The summed E-state index contributed by atoms with van der Waals surface area (Å²) in [5.74, 6) is 0.0456. The lowest BCUT2D eigenvalue weighted by atomic mass is 10.1. The molecule has 84 valence electrons. The van der Waals surface area contributed by atoms with E-state index >= 15 is 0 Å². The molecule has 0 N–H and O–H groups in total. The van der Waals surface area contributed by atoms with Crippen molar-refractivity contribution in [3.8, 4) is 0 Å². The molecule has 0 atom stereocenters. The lowest BCUT2D eigenvalue weighted by Crippen LogP contribution is -2.12. The number of Topliss-reactive ketones (excluding diaryl/α,β-unsaturated/α-hetero) is 1. The molecule has 2 aromatic rings. The fraction of sp³-hybridized carbons (Fsp3) is 0.308. The summed E-state index contributed by atoms with van der Waals surface area (Å²) in [5.41, 5.74) is 1.61. The molecule has 0 aliphatic heterocycles. The minimum Gasteiger partial charge on any atom is -0.340 e. The highest BCUT2D eigenvalue weighted by Gasteiger charge is 2.21. The van der Waals surface area contributed by atoms with Gasteiger partial charge in [0.25, 0.3) is 0 Å². The Morgan fingerprint density at radius 3 is 2.50 bits per heavy atom. The van der Waals surface area contributed by atoms with Gasteiger partial charge in [0, 0.05) is 23.9 Å². The molecule has 0 saturated heterocycles. The third-order valence-electron chi connectivity index (χ3n) is 2.80. The molecular formula is C13H14ClNO. The summed E-state index contributed by atoms with van der Waals surface area (Å²) in [6.45, 7) is 3.77. The van der Waals surface area contributed by atoms with E-state index in [9.17, 15) is 4.79 Å². The lowest BCUT2D eigenvalue weighted by Gasteiger charge is -2.06. The van der Waals surface area contributed by atoms with Gasteiger partial charge in [-0.05, 0) is 6.07 Å². The van der Waals surface area contributed by atoms with Crippen LogP contribution in [0.5, 0.6) is 0 Å². The highest BCUT2D eigenvalue weighted by atomic mass is 35.5. The molecule has 0 saturated carbocycles. The smallest absolute Gasteiger partial charge is 0.183 e. The summed E-state index contributed by atoms with van der Waals surface area (Å²) in [7, 11) is 1.88.